The maximum absolute atomic E-state index is 11.9. The van der Waals surface area contributed by atoms with E-state index in [1.165, 1.54) is 5.56 Å². The van der Waals surface area contributed by atoms with Gasteiger partial charge in [0.1, 0.15) is 5.75 Å². The number of hydrogen-bond donors (Lipinski definition) is 2. The molecule has 0 fully saturated rings. The standard InChI is InChI=1S/C22H28N4O4/c1-26(2)21(27)14-25-22(23-11-10-16-4-7-18(28-3)8-5-16)24-13-17-6-9-19-20(12-17)30-15-29-19/h4-9,12H,10-11,13-15H2,1-3H3,(H2,23,24,25). The van der Waals surface area contributed by atoms with Crippen LogP contribution in [0.5, 0.6) is 17.2 Å². The maximum atomic E-state index is 11.9. The van der Waals surface area contributed by atoms with E-state index in [1.807, 2.05) is 42.5 Å². The molecule has 160 valence electrons. The molecule has 0 atom stereocenters. The van der Waals surface area contributed by atoms with Crippen LogP contribution in [0.25, 0.3) is 0 Å². The highest BCUT2D eigenvalue weighted by molar-refractivity contribution is 5.86. The Morgan fingerprint density at radius 3 is 2.53 bits per heavy atom. The minimum atomic E-state index is -0.0252. The van der Waals surface area contributed by atoms with Crippen LogP contribution in [-0.2, 0) is 17.8 Å². The third-order valence-corrected chi connectivity index (χ3v) is 4.63. The highest BCUT2D eigenvalue weighted by atomic mass is 16.7. The molecule has 8 heteroatoms. The van der Waals surface area contributed by atoms with E-state index in [4.69, 9.17) is 14.2 Å². The Kier molecular flexibility index (Phi) is 7.37. The number of methoxy groups -OCH3 is 1. The van der Waals surface area contributed by atoms with Crippen molar-refractivity contribution in [2.45, 2.75) is 13.0 Å². The Bertz CT molecular complexity index is 881. The molecule has 0 radical (unpaired) electrons. The zero-order valence-corrected chi connectivity index (χ0v) is 17.6. The van der Waals surface area contributed by atoms with Gasteiger partial charge in [0.15, 0.2) is 17.5 Å². The van der Waals surface area contributed by atoms with Crippen LogP contribution in [-0.4, -0.2) is 57.9 Å². The Morgan fingerprint density at radius 2 is 1.80 bits per heavy atom. The number of rotatable bonds is 8. The Labute approximate surface area is 176 Å². The molecule has 0 saturated heterocycles. The van der Waals surface area contributed by atoms with Gasteiger partial charge in [0, 0.05) is 20.6 Å². The first-order valence-electron chi connectivity index (χ1n) is 9.79. The summed E-state index contributed by atoms with van der Waals surface area (Å²) in [5.41, 5.74) is 2.18. The molecular weight excluding hydrogens is 384 g/mol. The molecule has 0 aliphatic carbocycles. The minimum Gasteiger partial charge on any atom is -0.497 e. The fourth-order valence-electron chi connectivity index (χ4n) is 2.82. The molecule has 1 aliphatic rings. The summed E-state index contributed by atoms with van der Waals surface area (Å²) in [5, 5.41) is 6.39. The number of nitrogens with one attached hydrogen (secondary N) is 2. The van der Waals surface area contributed by atoms with Gasteiger partial charge in [0.05, 0.1) is 20.2 Å². The van der Waals surface area contributed by atoms with Crippen molar-refractivity contribution in [3.05, 3.63) is 53.6 Å². The predicted molar refractivity (Wildman–Crippen MR) is 115 cm³/mol. The minimum absolute atomic E-state index is 0.0252. The van der Waals surface area contributed by atoms with Gasteiger partial charge in [0.2, 0.25) is 12.7 Å². The van der Waals surface area contributed by atoms with Crippen LogP contribution >= 0.6 is 0 Å². The Balaban J connectivity index is 1.59. The average molecular weight is 412 g/mol. The number of carbonyl (C=O) groups excluding carboxylic acids is 1. The van der Waals surface area contributed by atoms with E-state index in [0.29, 0.717) is 19.0 Å². The van der Waals surface area contributed by atoms with Gasteiger partial charge in [-0.25, -0.2) is 4.99 Å². The molecule has 1 aliphatic heterocycles. The van der Waals surface area contributed by atoms with Crippen LogP contribution in [0.2, 0.25) is 0 Å². The van der Waals surface area contributed by atoms with Gasteiger partial charge < -0.3 is 29.7 Å². The van der Waals surface area contributed by atoms with Crippen LogP contribution in [0.15, 0.2) is 47.5 Å². The van der Waals surface area contributed by atoms with E-state index in [9.17, 15) is 4.79 Å². The second-order valence-corrected chi connectivity index (χ2v) is 7.02. The van der Waals surface area contributed by atoms with Crippen LogP contribution in [0.1, 0.15) is 11.1 Å². The summed E-state index contributed by atoms with van der Waals surface area (Å²) in [4.78, 5) is 18.1. The smallest absolute Gasteiger partial charge is 0.241 e. The van der Waals surface area contributed by atoms with Crippen LogP contribution in [0.4, 0.5) is 0 Å². The summed E-state index contributed by atoms with van der Waals surface area (Å²) < 4.78 is 16.0. The van der Waals surface area contributed by atoms with E-state index in [2.05, 4.69) is 15.6 Å². The molecule has 0 aromatic heterocycles. The first-order valence-corrected chi connectivity index (χ1v) is 9.79. The number of hydrogen-bond acceptors (Lipinski definition) is 5. The lowest BCUT2D eigenvalue weighted by molar-refractivity contribution is -0.127. The van der Waals surface area contributed by atoms with Gasteiger partial charge in [-0.2, -0.15) is 0 Å². The lowest BCUT2D eigenvalue weighted by atomic mass is 10.1. The number of nitrogens with zero attached hydrogens (tertiary/aromatic N) is 2. The van der Waals surface area contributed by atoms with Crippen molar-refractivity contribution in [3.8, 4) is 17.2 Å². The third kappa shape index (κ3) is 6.04. The van der Waals surface area contributed by atoms with Crippen molar-refractivity contribution in [3.63, 3.8) is 0 Å². The highest BCUT2D eigenvalue weighted by Gasteiger charge is 2.13. The predicted octanol–water partition coefficient (Wildman–Crippen LogP) is 1.79. The number of amides is 1. The second kappa shape index (κ2) is 10.4. The number of benzene rings is 2. The van der Waals surface area contributed by atoms with E-state index < -0.39 is 0 Å². The van der Waals surface area contributed by atoms with Crippen molar-refractivity contribution in [2.24, 2.45) is 4.99 Å². The molecule has 1 heterocycles. The number of guanidine groups is 1. The normalized spacial score (nSPS) is 12.4. The fraction of sp³-hybridized carbons (Fsp3) is 0.364. The first kappa shape index (κ1) is 21.3. The van der Waals surface area contributed by atoms with E-state index >= 15 is 0 Å². The molecular formula is C22H28N4O4. The second-order valence-electron chi connectivity index (χ2n) is 7.02. The van der Waals surface area contributed by atoms with Crippen molar-refractivity contribution in [1.82, 2.24) is 15.5 Å². The summed E-state index contributed by atoms with van der Waals surface area (Å²) in [5.74, 6) is 2.86. The summed E-state index contributed by atoms with van der Waals surface area (Å²) in [6.07, 6.45) is 0.816. The zero-order valence-electron chi connectivity index (χ0n) is 17.6. The third-order valence-electron chi connectivity index (χ3n) is 4.63. The molecule has 2 aromatic rings. The number of ether oxygens (including phenoxy) is 3. The number of carbonyl (C=O) groups is 1. The number of fused-ring (bicyclic) bond motifs is 1. The summed E-state index contributed by atoms with van der Waals surface area (Å²) >= 11 is 0. The highest BCUT2D eigenvalue weighted by Crippen LogP contribution is 2.32. The maximum Gasteiger partial charge on any atom is 0.241 e. The summed E-state index contributed by atoms with van der Waals surface area (Å²) in [6, 6.07) is 13.7. The molecule has 0 unspecified atom stereocenters. The average Bonchev–Trinajstić information content (AvgIpc) is 3.23. The fourth-order valence-corrected chi connectivity index (χ4v) is 2.82. The van der Waals surface area contributed by atoms with Gasteiger partial charge in [-0.1, -0.05) is 18.2 Å². The van der Waals surface area contributed by atoms with Gasteiger partial charge >= 0.3 is 0 Å². The molecule has 0 spiro atoms. The first-order chi connectivity index (χ1) is 14.5. The SMILES string of the molecule is COc1ccc(CCNC(=NCc2ccc3c(c2)OCO3)NCC(=O)N(C)C)cc1. The molecule has 1 amide bonds. The van der Waals surface area contributed by atoms with Crippen molar-refractivity contribution >= 4 is 11.9 Å². The molecule has 3 rings (SSSR count). The lowest BCUT2D eigenvalue weighted by Crippen LogP contribution is -2.43. The summed E-state index contributed by atoms with van der Waals surface area (Å²) in [6.45, 7) is 1.54. The largest absolute Gasteiger partial charge is 0.497 e. The quantitative estimate of drug-likeness (QED) is 0.508. The van der Waals surface area contributed by atoms with Crippen molar-refractivity contribution in [1.29, 1.82) is 0 Å². The van der Waals surface area contributed by atoms with Gasteiger partial charge in [-0.3, -0.25) is 4.79 Å². The van der Waals surface area contributed by atoms with Crippen LogP contribution in [0, 0.1) is 0 Å². The molecule has 0 saturated carbocycles. The van der Waals surface area contributed by atoms with Crippen LogP contribution in [0.3, 0.4) is 0 Å². The van der Waals surface area contributed by atoms with Gasteiger partial charge in [0.25, 0.3) is 0 Å². The Morgan fingerprint density at radius 1 is 1.07 bits per heavy atom. The van der Waals surface area contributed by atoms with Crippen LogP contribution < -0.4 is 24.8 Å². The van der Waals surface area contributed by atoms with Gasteiger partial charge in [-0.15, -0.1) is 0 Å². The molecule has 30 heavy (non-hydrogen) atoms. The lowest BCUT2D eigenvalue weighted by Gasteiger charge is -2.15. The van der Waals surface area contributed by atoms with E-state index in [-0.39, 0.29) is 19.2 Å². The van der Waals surface area contributed by atoms with Crippen molar-refractivity contribution < 1.29 is 19.0 Å². The number of likely N-dealkylation sites (N-methyl/N-ethyl adjacent to an activating group) is 1. The molecule has 0 bridgehead atoms. The van der Waals surface area contributed by atoms with Crippen molar-refractivity contribution in [2.75, 3.05) is 41.1 Å². The summed E-state index contributed by atoms with van der Waals surface area (Å²) in [7, 11) is 5.11. The molecule has 2 N–H and O–H groups in total. The Hall–Kier alpha value is -3.42. The number of aliphatic imine (C=N–C) groups is 1. The topological polar surface area (TPSA) is 84.4 Å². The monoisotopic (exact) mass is 412 g/mol. The molecule has 8 nitrogen and oxygen atoms in total. The van der Waals surface area contributed by atoms with E-state index in [1.54, 1.807) is 26.1 Å². The van der Waals surface area contributed by atoms with E-state index in [0.717, 1.165) is 29.2 Å². The zero-order chi connectivity index (χ0) is 21.3. The molecule has 2 aromatic carbocycles. The van der Waals surface area contributed by atoms with Gasteiger partial charge in [-0.05, 0) is 41.8 Å².